The second-order valence-corrected chi connectivity index (χ2v) is 6.58. The minimum Gasteiger partial charge on any atom is -0.147 e. The molecular formula is C22H15BrCl2SZr-2. The van der Waals surface area contributed by atoms with Crippen LogP contribution < -0.4 is 24.8 Å². The molecule has 0 saturated carbocycles. The molecule has 0 aliphatic heterocycles. The SMILES string of the molecule is Brc1cc[c-]c2c1Cc1ccccc1-2.[Cl-].[Cl-].[S]=[Zr+2].[c-]1cccc2c1C=CC2. The largest absolute Gasteiger partial charge is 0.147 e. The molecule has 27 heavy (non-hydrogen) atoms. The van der Waals surface area contributed by atoms with Crippen molar-refractivity contribution in [2.45, 2.75) is 12.8 Å². The van der Waals surface area contributed by atoms with Crippen molar-refractivity contribution >= 4 is 30.9 Å². The van der Waals surface area contributed by atoms with Gasteiger partial charge in [0, 0.05) is 0 Å². The normalized spacial score (nSPS) is 11.2. The third kappa shape index (κ3) is 5.78. The van der Waals surface area contributed by atoms with E-state index in [2.05, 4.69) is 85.5 Å². The van der Waals surface area contributed by atoms with Crippen LogP contribution in [0, 0.1) is 12.1 Å². The van der Waals surface area contributed by atoms with Gasteiger partial charge in [0.2, 0.25) is 0 Å². The molecule has 0 heterocycles. The van der Waals surface area contributed by atoms with E-state index in [4.69, 9.17) is 0 Å². The molecule has 3 aromatic carbocycles. The summed E-state index contributed by atoms with van der Waals surface area (Å²) < 4.78 is 1.20. The number of halogens is 3. The van der Waals surface area contributed by atoms with E-state index in [9.17, 15) is 0 Å². The van der Waals surface area contributed by atoms with E-state index in [0.717, 1.165) is 35.5 Å². The first-order valence-corrected chi connectivity index (χ1v) is 12.2. The van der Waals surface area contributed by atoms with E-state index in [-0.39, 0.29) is 24.8 Å². The molecular weight excluding hydrogens is 538 g/mol. The van der Waals surface area contributed by atoms with Crippen molar-refractivity contribution in [2.75, 3.05) is 0 Å². The van der Waals surface area contributed by atoms with E-state index < -0.39 is 0 Å². The van der Waals surface area contributed by atoms with Crippen molar-refractivity contribution in [3.05, 3.63) is 99.5 Å². The van der Waals surface area contributed by atoms with Crippen LogP contribution in [0.1, 0.15) is 22.3 Å². The van der Waals surface area contributed by atoms with Gasteiger partial charge in [-0.2, -0.15) is 0 Å². The van der Waals surface area contributed by atoms with Crippen LogP contribution in [0.3, 0.4) is 0 Å². The van der Waals surface area contributed by atoms with Gasteiger partial charge in [0.15, 0.2) is 0 Å². The zero-order chi connectivity index (χ0) is 17.6. The molecule has 0 spiro atoms. The number of fused-ring (bicyclic) bond motifs is 4. The van der Waals surface area contributed by atoms with E-state index in [0.29, 0.717) is 0 Å². The van der Waals surface area contributed by atoms with Crippen LogP contribution in [0.25, 0.3) is 17.2 Å². The molecule has 2 aliphatic rings. The Hall–Kier alpha value is -0.437. The summed E-state index contributed by atoms with van der Waals surface area (Å²) in [5.41, 5.74) is 8.04. The minimum atomic E-state index is 0. The summed E-state index contributed by atoms with van der Waals surface area (Å²) in [5.74, 6) is 0. The molecule has 0 nitrogen and oxygen atoms in total. The average molecular weight is 553 g/mol. The van der Waals surface area contributed by atoms with Gasteiger partial charge in [-0.05, 0) is 6.42 Å². The van der Waals surface area contributed by atoms with Gasteiger partial charge in [-0.1, -0.05) is 62.2 Å². The fourth-order valence-electron chi connectivity index (χ4n) is 3.15. The van der Waals surface area contributed by atoms with Crippen molar-refractivity contribution < 1.29 is 47.5 Å². The molecule has 0 unspecified atom stereocenters. The van der Waals surface area contributed by atoms with Gasteiger partial charge in [-0.25, -0.2) is 0 Å². The molecule has 2 aliphatic carbocycles. The maximum absolute atomic E-state index is 4.17. The van der Waals surface area contributed by atoms with Gasteiger partial charge in [0.1, 0.15) is 0 Å². The molecule has 0 aromatic heterocycles. The van der Waals surface area contributed by atoms with Gasteiger partial charge < -0.3 is 24.8 Å². The summed E-state index contributed by atoms with van der Waals surface area (Å²) in [6, 6.07) is 25.2. The van der Waals surface area contributed by atoms with Gasteiger partial charge in [-0.3, -0.25) is 0 Å². The van der Waals surface area contributed by atoms with Crippen LogP contribution >= 0.6 is 24.8 Å². The Labute approximate surface area is 200 Å². The van der Waals surface area contributed by atoms with Crippen molar-refractivity contribution in [3.63, 3.8) is 0 Å². The Morgan fingerprint density at radius 2 is 1.63 bits per heavy atom. The Morgan fingerprint density at radius 1 is 0.889 bits per heavy atom. The van der Waals surface area contributed by atoms with Crippen molar-refractivity contribution in [1.82, 2.24) is 0 Å². The molecule has 136 valence electrons. The molecule has 5 heteroatoms. The van der Waals surface area contributed by atoms with E-state index >= 15 is 0 Å². The first-order chi connectivity index (χ1) is 12.3. The van der Waals surface area contributed by atoms with Crippen LogP contribution in [-0.4, -0.2) is 0 Å². The molecule has 5 rings (SSSR count). The van der Waals surface area contributed by atoms with Crippen LogP contribution in [0.2, 0.25) is 0 Å². The molecule has 0 amide bonds. The standard InChI is InChI=1S/C13H8Br.C9H7.2ClH.S.Zr/c14-13-7-3-6-11-10-5-2-1-4-9(10)8-12(11)13;1-2-5-9-7-3-6-8(9)4-1;;;;/h1-5,7H,8H2;1-4,7H,6H2;2*1H;;/q2*-1;;;;+2/p-2. The maximum Gasteiger partial charge on any atom is -0.0528 e. The number of rotatable bonds is 0. The second-order valence-electron chi connectivity index (χ2n) is 5.73. The molecule has 0 fully saturated rings. The van der Waals surface area contributed by atoms with Crippen LogP contribution in [0.5, 0.6) is 0 Å². The third-order valence-electron chi connectivity index (χ3n) is 4.30. The predicted octanol–water partition coefficient (Wildman–Crippen LogP) is 0.530. The van der Waals surface area contributed by atoms with E-state index in [1.807, 2.05) is 18.2 Å². The van der Waals surface area contributed by atoms with Crippen molar-refractivity contribution in [1.29, 1.82) is 0 Å². The minimum absolute atomic E-state index is 0. The van der Waals surface area contributed by atoms with Gasteiger partial charge in [0.05, 0.1) is 0 Å². The summed E-state index contributed by atoms with van der Waals surface area (Å²) in [7, 11) is 4.17. The summed E-state index contributed by atoms with van der Waals surface area (Å²) in [6.07, 6.45) is 6.41. The summed E-state index contributed by atoms with van der Waals surface area (Å²) in [5, 5.41) is 0. The monoisotopic (exact) mass is 550 g/mol. The first-order valence-electron chi connectivity index (χ1n) is 7.97. The molecule has 3 aromatic rings. The zero-order valence-electron chi connectivity index (χ0n) is 14.3. The molecule has 0 saturated heterocycles. The Kier molecular flexibility index (Phi) is 11.1. The smallest absolute Gasteiger partial charge is 0.0528 e. The van der Waals surface area contributed by atoms with Crippen molar-refractivity contribution in [2.24, 2.45) is 0 Å². The number of benzene rings is 3. The Bertz CT molecular complexity index is 928. The number of hydrogen-bond acceptors (Lipinski definition) is 1. The maximum atomic E-state index is 4.17. The van der Waals surface area contributed by atoms with Gasteiger partial charge in [-0.15, -0.1) is 76.9 Å². The fourth-order valence-corrected chi connectivity index (χ4v) is 3.62. The predicted molar refractivity (Wildman–Crippen MR) is 107 cm³/mol. The zero-order valence-corrected chi connectivity index (χ0v) is 20.7. The Balaban J connectivity index is 0.000000247. The molecule has 0 atom stereocenters. The fraction of sp³-hybridized carbons (Fsp3) is 0.0909. The van der Waals surface area contributed by atoms with Gasteiger partial charge >= 0.3 is 31.5 Å². The molecule has 0 radical (unpaired) electrons. The average Bonchev–Trinajstić information content (AvgIpc) is 3.29. The molecule has 0 N–H and O–H groups in total. The summed E-state index contributed by atoms with van der Waals surface area (Å²) in [6.45, 7) is 0. The number of hydrogen-bond donors (Lipinski definition) is 0. The van der Waals surface area contributed by atoms with E-state index in [1.54, 1.807) is 0 Å². The summed E-state index contributed by atoms with van der Waals surface area (Å²) >= 11 is 4.72. The molecule has 0 bridgehead atoms. The first kappa shape index (κ1) is 24.6. The Morgan fingerprint density at radius 3 is 2.41 bits per heavy atom. The van der Waals surface area contributed by atoms with Crippen LogP contribution in [0.4, 0.5) is 0 Å². The second kappa shape index (κ2) is 12.2. The van der Waals surface area contributed by atoms with E-state index in [1.165, 1.54) is 37.9 Å². The van der Waals surface area contributed by atoms with Crippen molar-refractivity contribution in [3.8, 4) is 11.1 Å². The third-order valence-corrected chi connectivity index (χ3v) is 5.04. The summed E-state index contributed by atoms with van der Waals surface area (Å²) in [4.78, 5) is 0. The van der Waals surface area contributed by atoms with Gasteiger partial charge in [0.25, 0.3) is 0 Å². The van der Waals surface area contributed by atoms with Crippen LogP contribution in [-0.2, 0) is 35.5 Å². The van der Waals surface area contributed by atoms with Crippen LogP contribution in [0.15, 0.2) is 65.1 Å². The topological polar surface area (TPSA) is 0 Å². The number of allylic oxidation sites excluding steroid dienone is 1. The quantitative estimate of drug-likeness (QED) is 0.287.